The Morgan fingerprint density at radius 2 is 2.00 bits per heavy atom. The number of benzene rings is 1. The van der Waals surface area contributed by atoms with Crippen molar-refractivity contribution in [1.82, 2.24) is 15.5 Å². The van der Waals surface area contributed by atoms with E-state index in [1.54, 1.807) is 0 Å². The molecule has 0 amide bonds. The number of guanidine groups is 1. The van der Waals surface area contributed by atoms with Crippen molar-refractivity contribution in [2.24, 2.45) is 4.99 Å². The number of rotatable bonds is 6. The summed E-state index contributed by atoms with van der Waals surface area (Å²) < 4.78 is 63.9. The molecule has 0 aliphatic carbocycles. The first-order valence-corrected chi connectivity index (χ1v) is 8.97. The Morgan fingerprint density at radius 3 is 2.61 bits per heavy atom. The van der Waals surface area contributed by atoms with Gasteiger partial charge in [-0.15, -0.1) is 24.0 Å². The smallest absolute Gasteiger partial charge is 0.357 e. The lowest BCUT2D eigenvalue weighted by Gasteiger charge is -2.20. The molecule has 0 spiro atoms. The van der Waals surface area contributed by atoms with Crippen LogP contribution in [0.2, 0.25) is 0 Å². The van der Waals surface area contributed by atoms with Crippen molar-refractivity contribution in [3.05, 3.63) is 35.4 Å². The van der Waals surface area contributed by atoms with E-state index in [0.29, 0.717) is 44.1 Å². The van der Waals surface area contributed by atoms with Gasteiger partial charge >= 0.3 is 6.18 Å². The third-order valence-electron chi connectivity index (χ3n) is 4.40. The average Bonchev–Trinajstić information content (AvgIpc) is 3.00. The number of nitrogens with zero attached hydrogens (tertiary/aromatic N) is 2. The lowest BCUT2D eigenvalue weighted by Crippen LogP contribution is -2.45. The van der Waals surface area contributed by atoms with Crippen LogP contribution in [-0.4, -0.2) is 55.8 Å². The van der Waals surface area contributed by atoms with Crippen molar-refractivity contribution >= 4 is 29.9 Å². The number of aliphatic imine (C=N–C) groups is 1. The van der Waals surface area contributed by atoms with E-state index >= 15 is 0 Å². The van der Waals surface area contributed by atoms with Crippen LogP contribution in [0.1, 0.15) is 31.7 Å². The van der Waals surface area contributed by atoms with E-state index in [0.717, 1.165) is 12.1 Å². The molecule has 2 atom stereocenters. The molecule has 4 nitrogen and oxygen atoms in total. The first kappa shape index (κ1) is 24.9. The maximum atomic E-state index is 13.4. The van der Waals surface area contributed by atoms with Crippen LogP contribution in [0.15, 0.2) is 23.2 Å². The third-order valence-corrected chi connectivity index (χ3v) is 4.40. The van der Waals surface area contributed by atoms with E-state index in [-0.39, 0.29) is 35.9 Å². The first-order valence-electron chi connectivity index (χ1n) is 8.97. The quantitative estimate of drug-likeness (QED) is 0.259. The molecule has 0 saturated carbocycles. The number of hydrogen-bond acceptors (Lipinski definition) is 2. The van der Waals surface area contributed by atoms with Crippen LogP contribution in [-0.2, 0) is 0 Å². The van der Waals surface area contributed by atoms with Crippen molar-refractivity contribution in [2.45, 2.75) is 38.4 Å². The number of alkyl halides is 3. The van der Waals surface area contributed by atoms with Crippen molar-refractivity contribution in [2.75, 3.05) is 32.7 Å². The van der Waals surface area contributed by atoms with Gasteiger partial charge in [-0.3, -0.25) is 9.89 Å². The lowest BCUT2D eigenvalue weighted by atomic mass is 10.0. The van der Waals surface area contributed by atoms with Gasteiger partial charge in [0.05, 0.1) is 6.54 Å². The second-order valence-electron chi connectivity index (χ2n) is 6.77. The van der Waals surface area contributed by atoms with Crippen molar-refractivity contribution in [1.29, 1.82) is 0 Å². The van der Waals surface area contributed by atoms with Crippen LogP contribution >= 0.6 is 24.0 Å². The standard InChI is InChI=1S/C18H25F5N4.HI/c1-3-24-17(26-14-6-7-27(10-14)11-18(21,22)23)25-9-12(2)13-4-5-15(19)16(20)8-13;/h4-5,8,12,14H,3,6-7,9-11H2,1-2H3,(H2,24,25,26);1H. The molecular weight excluding hydrogens is 494 g/mol. The fourth-order valence-corrected chi connectivity index (χ4v) is 3.01. The summed E-state index contributed by atoms with van der Waals surface area (Å²) in [7, 11) is 0. The molecule has 1 fully saturated rings. The molecule has 2 N–H and O–H groups in total. The second kappa shape index (κ2) is 11.1. The Morgan fingerprint density at radius 1 is 1.29 bits per heavy atom. The van der Waals surface area contributed by atoms with Crippen molar-refractivity contribution in [3.8, 4) is 0 Å². The summed E-state index contributed by atoms with van der Waals surface area (Å²) in [6, 6.07) is 3.64. The molecule has 1 aromatic carbocycles. The zero-order valence-electron chi connectivity index (χ0n) is 15.8. The third kappa shape index (κ3) is 8.06. The van der Waals surface area contributed by atoms with Crippen LogP contribution in [0.3, 0.4) is 0 Å². The van der Waals surface area contributed by atoms with Gasteiger partial charge in [0.25, 0.3) is 0 Å². The highest BCUT2D eigenvalue weighted by atomic mass is 127. The van der Waals surface area contributed by atoms with E-state index in [1.165, 1.54) is 11.0 Å². The van der Waals surface area contributed by atoms with Gasteiger partial charge in [-0.05, 0) is 31.0 Å². The topological polar surface area (TPSA) is 39.7 Å². The lowest BCUT2D eigenvalue weighted by molar-refractivity contribution is -0.143. The van der Waals surface area contributed by atoms with Crippen molar-refractivity contribution in [3.63, 3.8) is 0 Å². The largest absolute Gasteiger partial charge is 0.401 e. The highest BCUT2D eigenvalue weighted by molar-refractivity contribution is 14.0. The minimum atomic E-state index is -4.20. The molecule has 1 aromatic rings. The Bertz CT molecular complexity index is 653. The Kier molecular flexibility index (Phi) is 9.88. The monoisotopic (exact) mass is 520 g/mol. The SMILES string of the molecule is CCNC(=NCC(C)c1ccc(F)c(F)c1)NC1CCN(CC(F)(F)F)C1.I. The molecule has 10 heteroatoms. The van der Waals surface area contributed by atoms with Crippen LogP contribution < -0.4 is 10.6 Å². The highest BCUT2D eigenvalue weighted by Crippen LogP contribution is 2.20. The summed E-state index contributed by atoms with van der Waals surface area (Å²) in [4.78, 5) is 5.81. The van der Waals surface area contributed by atoms with Gasteiger partial charge in [0.1, 0.15) is 0 Å². The van der Waals surface area contributed by atoms with Gasteiger partial charge in [0.15, 0.2) is 17.6 Å². The van der Waals surface area contributed by atoms with Crippen LogP contribution in [0.25, 0.3) is 0 Å². The van der Waals surface area contributed by atoms with Gasteiger partial charge in [-0.1, -0.05) is 13.0 Å². The number of likely N-dealkylation sites (tertiary alicyclic amines) is 1. The second-order valence-corrected chi connectivity index (χ2v) is 6.77. The molecule has 1 aliphatic heterocycles. The van der Waals surface area contributed by atoms with Crippen LogP contribution in [0, 0.1) is 11.6 Å². The summed E-state index contributed by atoms with van der Waals surface area (Å²) in [6.45, 7) is 4.43. The number of hydrogen-bond donors (Lipinski definition) is 2. The van der Waals surface area contributed by atoms with Crippen molar-refractivity contribution < 1.29 is 22.0 Å². The van der Waals surface area contributed by atoms with E-state index < -0.39 is 24.4 Å². The predicted octanol–water partition coefficient (Wildman–Crippen LogP) is 3.88. The van der Waals surface area contributed by atoms with Gasteiger partial charge in [-0.2, -0.15) is 13.2 Å². The Balaban J connectivity index is 0.00000392. The van der Waals surface area contributed by atoms with E-state index in [1.807, 2.05) is 13.8 Å². The summed E-state index contributed by atoms with van der Waals surface area (Å²) in [5, 5.41) is 6.22. The summed E-state index contributed by atoms with van der Waals surface area (Å²) in [6.07, 6.45) is -3.60. The highest BCUT2D eigenvalue weighted by Gasteiger charge is 2.34. The van der Waals surface area contributed by atoms with E-state index in [2.05, 4.69) is 15.6 Å². The summed E-state index contributed by atoms with van der Waals surface area (Å²) >= 11 is 0. The molecule has 28 heavy (non-hydrogen) atoms. The molecule has 1 aliphatic rings. The minimum Gasteiger partial charge on any atom is -0.357 e. The Labute approximate surface area is 179 Å². The van der Waals surface area contributed by atoms with Gasteiger partial charge < -0.3 is 10.6 Å². The van der Waals surface area contributed by atoms with Gasteiger partial charge in [-0.25, -0.2) is 8.78 Å². The summed E-state index contributed by atoms with van der Waals surface area (Å²) in [5.74, 6) is -1.43. The first-order chi connectivity index (χ1) is 12.7. The number of nitrogens with one attached hydrogen (secondary N) is 2. The summed E-state index contributed by atoms with van der Waals surface area (Å²) in [5.41, 5.74) is 0.630. The zero-order valence-corrected chi connectivity index (χ0v) is 18.2. The molecule has 2 rings (SSSR count). The average molecular weight is 520 g/mol. The Hall–Kier alpha value is -1.17. The molecular formula is C18H26F5IN4. The van der Waals surface area contributed by atoms with E-state index in [9.17, 15) is 22.0 Å². The van der Waals surface area contributed by atoms with Gasteiger partial charge in [0, 0.05) is 38.1 Å². The fourth-order valence-electron chi connectivity index (χ4n) is 3.01. The van der Waals surface area contributed by atoms with Crippen LogP contribution in [0.4, 0.5) is 22.0 Å². The molecule has 2 unspecified atom stereocenters. The normalized spacial score (nSPS) is 19.2. The fraction of sp³-hybridized carbons (Fsp3) is 0.611. The maximum Gasteiger partial charge on any atom is 0.401 e. The molecule has 0 aromatic heterocycles. The zero-order chi connectivity index (χ0) is 20.0. The number of halogens is 6. The molecule has 1 saturated heterocycles. The maximum absolute atomic E-state index is 13.4. The van der Waals surface area contributed by atoms with E-state index in [4.69, 9.17) is 0 Å². The minimum absolute atomic E-state index is 0. The molecule has 1 heterocycles. The molecule has 0 bridgehead atoms. The van der Waals surface area contributed by atoms with Crippen LogP contribution in [0.5, 0.6) is 0 Å². The van der Waals surface area contributed by atoms with Gasteiger partial charge in [0.2, 0.25) is 0 Å². The molecule has 160 valence electrons. The predicted molar refractivity (Wildman–Crippen MR) is 110 cm³/mol. The molecule has 0 radical (unpaired) electrons.